The molecule has 0 aromatic heterocycles. The van der Waals surface area contributed by atoms with E-state index in [9.17, 15) is 0 Å². The Kier molecular flexibility index (Phi) is 6.05. The molecule has 0 bridgehead atoms. The number of rotatable bonds is 6. The van der Waals surface area contributed by atoms with Gasteiger partial charge in [-0.15, -0.1) is 0 Å². The lowest BCUT2D eigenvalue weighted by Crippen LogP contribution is -2.32. The number of benzene rings is 1. The van der Waals surface area contributed by atoms with Gasteiger partial charge in [0, 0.05) is 35.5 Å². The number of hydrogen-bond acceptors (Lipinski definition) is 3. The van der Waals surface area contributed by atoms with Gasteiger partial charge in [-0.2, -0.15) is 11.8 Å². The fraction of sp³-hybridized carbons (Fsp3) is 0.600. The van der Waals surface area contributed by atoms with E-state index in [2.05, 4.69) is 70.1 Å². The van der Waals surface area contributed by atoms with Crippen LogP contribution in [0.2, 0.25) is 0 Å². The molecule has 1 N–H and O–H groups in total. The zero-order chi connectivity index (χ0) is 13.7. The predicted molar refractivity (Wildman–Crippen MR) is 90.3 cm³/mol. The molecular formula is C15H23BrN2S. The van der Waals surface area contributed by atoms with Gasteiger partial charge in [0.15, 0.2) is 0 Å². The minimum Gasteiger partial charge on any atom is -0.370 e. The van der Waals surface area contributed by atoms with Crippen LogP contribution in [0.3, 0.4) is 0 Å². The molecule has 0 spiro atoms. The Morgan fingerprint density at radius 3 is 3.00 bits per heavy atom. The van der Waals surface area contributed by atoms with Crippen molar-refractivity contribution in [3.63, 3.8) is 0 Å². The van der Waals surface area contributed by atoms with Crippen molar-refractivity contribution < 1.29 is 0 Å². The van der Waals surface area contributed by atoms with E-state index in [0.717, 1.165) is 13.1 Å². The average molecular weight is 343 g/mol. The fourth-order valence-electron chi connectivity index (χ4n) is 2.44. The molecule has 0 radical (unpaired) electrons. The SMILES string of the molecule is CCCNCc1ccc(Br)cc1N(C)C1CCSC1. The van der Waals surface area contributed by atoms with Crippen LogP contribution in [0.4, 0.5) is 5.69 Å². The first-order valence-electron chi connectivity index (χ1n) is 7.02. The number of halogens is 1. The van der Waals surface area contributed by atoms with E-state index in [0.29, 0.717) is 6.04 Å². The van der Waals surface area contributed by atoms with Crippen molar-refractivity contribution in [2.45, 2.75) is 32.4 Å². The van der Waals surface area contributed by atoms with E-state index in [1.165, 1.54) is 40.1 Å². The zero-order valence-electron chi connectivity index (χ0n) is 11.8. The van der Waals surface area contributed by atoms with Gasteiger partial charge in [0.05, 0.1) is 0 Å². The van der Waals surface area contributed by atoms with Crippen LogP contribution in [0, 0.1) is 0 Å². The van der Waals surface area contributed by atoms with Crippen LogP contribution < -0.4 is 10.2 Å². The van der Waals surface area contributed by atoms with Crippen molar-refractivity contribution in [3.8, 4) is 0 Å². The summed E-state index contributed by atoms with van der Waals surface area (Å²) in [6.07, 6.45) is 2.48. The molecule has 1 aromatic rings. The lowest BCUT2D eigenvalue weighted by molar-refractivity contribution is 0.662. The largest absolute Gasteiger partial charge is 0.370 e. The Hall–Kier alpha value is -0.190. The lowest BCUT2D eigenvalue weighted by Gasteiger charge is -2.28. The van der Waals surface area contributed by atoms with Crippen LogP contribution in [-0.2, 0) is 6.54 Å². The molecule has 0 amide bonds. The van der Waals surface area contributed by atoms with Crippen molar-refractivity contribution in [2.24, 2.45) is 0 Å². The molecule has 106 valence electrons. The third kappa shape index (κ3) is 4.14. The average Bonchev–Trinajstić information content (AvgIpc) is 2.94. The first-order chi connectivity index (χ1) is 9.22. The van der Waals surface area contributed by atoms with Crippen LogP contribution in [0.5, 0.6) is 0 Å². The molecule has 1 aromatic carbocycles. The quantitative estimate of drug-likeness (QED) is 0.789. The molecule has 2 rings (SSSR count). The molecule has 1 heterocycles. The van der Waals surface area contributed by atoms with Crippen LogP contribution in [0.25, 0.3) is 0 Å². The van der Waals surface area contributed by atoms with Gasteiger partial charge in [-0.1, -0.05) is 28.9 Å². The summed E-state index contributed by atoms with van der Waals surface area (Å²) in [6, 6.07) is 7.32. The Balaban J connectivity index is 2.13. The Bertz CT molecular complexity index is 405. The van der Waals surface area contributed by atoms with Crippen molar-refractivity contribution >= 4 is 33.4 Å². The highest BCUT2D eigenvalue weighted by atomic mass is 79.9. The van der Waals surface area contributed by atoms with Crippen molar-refractivity contribution in [1.82, 2.24) is 5.32 Å². The molecule has 1 fully saturated rings. The smallest absolute Gasteiger partial charge is 0.0423 e. The van der Waals surface area contributed by atoms with Gasteiger partial charge in [-0.3, -0.25) is 0 Å². The first kappa shape index (κ1) is 15.2. The predicted octanol–water partition coefficient (Wildman–Crippen LogP) is 3.89. The third-order valence-electron chi connectivity index (χ3n) is 3.62. The van der Waals surface area contributed by atoms with Gasteiger partial charge in [-0.05, 0) is 42.8 Å². The van der Waals surface area contributed by atoms with E-state index in [4.69, 9.17) is 0 Å². The van der Waals surface area contributed by atoms with Crippen molar-refractivity contribution in [2.75, 3.05) is 30.0 Å². The van der Waals surface area contributed by atoms with Gasteiger partial charge in [-0.25, -0.2) is 0 Å². The minimum absolute atomic E-state index is 0.684. The summed E-state index contributed by atoms with van der Waals surface area (Å²) in [6.45, 7) is 4.25. The second kappa shape index (κ2) is 7.55. The summed E-state index contributed by atoms with van der Waals surface area (Å²) >= 11 is 5.67. The molecule has 1 aliphatic heterocycles. The number of anilines is 1. The highest BCUT2D eigenvalue weighted by molar-refractivity contribution is 9.10. The van der Waals surface area contributed by atoms with E-state index < -0.39 is 0 Å². The van der Waals surface area contributed by atoms with E-state index in [-0.39, 0.29) is 0 Å². The Morgan fingerprint density at radius 1 is 1.47 bits per heavy atom. The number of thioether (sulfide) groups is 1. The van der Waals surface area contributed by atoms with Gasteiger partial charge < -0.3 is 10.2 Å². The molecule has 1 unspecified atom stereocenters. The molecule has 1 saturated heterocycles. The third-order valence-corrected chi connectivity index (χ3v) is 5.26. The maximum Gasteiger partial charge on any atom is 0.0423 e. The standard InChI is InChI=1S/C15H23BrN2S/c1-3-7-17-10-12-4-5-13(16)9-15(12)18(2)14-6-8-19-11-14/h4-5,9,14,17H,3,6-8,10-11H2,1-2H3. The van der Waals surface area contributed by atoms with E-state index >= 15 is 0 Å². The maximum atomic E-state index is 3.60. The second-order valence-corrected chi connectivity index (χ2v) is 7.14. The molecule has 1 aliphatic rings. The zero-order valence-corrected chi connectivity index (χ0v) is 14.2. The summed E-state index contributed by atoms with van der Waals surface area (Å²) < 4.78 is 1.17. The summed E-state index contributed by atoms with van der Waals surface area (Å²) in [7, 11) is 2.24. The van der Waals surface area contributed by atoms with E-state index in [1.807, 2.05) is 0 Å². The van der Waals surface area contributed by atoms with Gasteiger partial charge in [0.2, 0.25) is 0 Å². The molecule has 0 aliphatic carbocycles. The normalized spacial score (nSPS) is 18.8. The molecule has 2 nitrogen and oxygen atoms in total. The number of nitrogens with one attached hydrogen (secondary N) is 1. The van der Waals surface area contributed by atoms with Gasteiger partial charge >= 0.3 is 0 Å². The van der Waals surface area contributed by atoms with Crippen molar-refractivity contribution in [1.29, 1.82) is 0 Å². The summed E-state index contributed by atoms with van der Waals surface area (Å²) in [5.41, 5.74) is 2.77. The Labute approximate surface area is 129 Å². The fourth-order valence-corrected chi connectivity index (χ4v) is 4.06. The molecule has 1 atom stereocenters. The maximum absolute atomic E-state index is 3.60. The Morgan fingerprint density at radius 2 is 2.32 bits per heavy atom. The van der Waals surface area contributed by atoms with E-state index in [1.54, 1.807) is 0 Å². The van der Waals surface area contributed by atoms with Crippen LogP contribution >= 0.6 is 27.7 Å². The minimum atomic E-state index is 0.684. The summed E-state index contributed by atoms with van der Waals surface area (Å²) in [4.78, 5) is 2.47. The molecular weight excluding hydrogens is 320 g/mol. The topological polar surface area (TPSA) is 15.3 Å². The van der Waals surface area contributed by atoms with Crippen molar-refractivity contribution in [3.05, 3.63) is 28.2 Å². The van der Waals surface area contributed by atoms with Gasteiger partial charge in [0.1, 0.15) is 0 Å². The highest BCUT2D eigenvalue weighted by Crippen LogP contribution is 2.30. The number of hydrogen-bond donors (Lipinski definition) is 1. The molecule has 4 heteroatoms. The monoisotopic (exact) mass is 342 g/mol. The number of nitrogens with zero attached hydrogens (tertiary/aromatic N) is 1. The second-order valence-electron chi connectivity index (χ2n) is 5.08. The van der Waals surface area contributed by atoms with Crippen LogP contribution in [0.15, 0.2) is 22.7 Å². The van der Waals surface area contributed by atoms with Crippen LogP contribution in [0.1, 0.15) is 25.3 Å². The first-order valence-corrected chi connectivity index (χ1v) is 8.97. The lowest BCUT2D eigenvalue weighted by atomic mass is 10.1. The highest BCUT2D eigenvalue weighted by Gasteiger charge is 2.22. The molecule has 19 heavy (non-hydrogen) atoms. The molecule has 0 saturated carbocycles. The summed E-state index contributed by atoms with van der Waals surface area (Å²) in [5, 5.41) is 3.51. The van der Waals surface area contributed by atoms with Gasteiger partial charge in [0.25, 0.3) is 0 Å². The summed E-state index contributed by atoms with van der Waals surface area (Å²) in [5.74, 6) is 2.55. The van der Waals surface area contributed by atoms with Crippen LogP contribution in [-0.4, -0.2) is 31.1 Å².